The zero-order valence-electron chi connectivity index (χ0n) is 19.1. The maximum absolute atomic E-state index is 12.8. The van der Waals surface area contributed by atoms with Gasteiger partial charge in [-0.25, -0.2) is 0 Å². The summed E-state index contributed by atoms with van der Waals surface area (Å²) in [6, 6.07) is 19.0. The fourth-order valence-corrected chi connectivity index (χ4v) is 5.32. The van der Waals surface area contributed by atoms with Crippen LogP contribution in [0.1, 0.15) is 38.5 Å². The first-order chi connectivity index (χ1) is 16.1. The molecule has 0 saturated carbocycles. The third-order valence-corrected chi connectivity index (χ3v) is 7.36. The summed E-state index contributed by atoms with van der Waals surface area (Å²) in [4.78, 5) is 14.8. The van der Waals surface area contributed by atoms with Crippen LogP contribution in [0.5, 0.6) is 0 Å². The predicted molar refractivity (Wildman–Crippen MR) is 130 cm³/mol. The number of anilines is 1. The Morgan fingerprint density at radius 1 is 1.00 bits per heavy atom. The zero-order chi connectivity index (χ0) is 22.7. The van der Waals surface area contributed by atoms with Gasteiger partial charge in [-0.3, -0.25) is 9.80 Å². The molecule has 1 amide bonds. The molecule has 33 heavy (non-hydrogen) atoms. The van der Waals surface area contributed by atoms with E-state index in [1.54, 1.807) is 0 Å². The number of likely N-dealkylation sites (tertiary alicyclic amines) is 1. The molecule has 6 heteroatoms. The summed E-state index contributed by atoms with van der Waals surface area (Å²) in [5, 5.41) is 18.0. The van der Waals surface area contributed by atoms with Crippen molar-refractivity contribution in [2.45, 2.75) is 50.2 Å². The zero-order valence-corrected chi connectivity index (χ0v) is 19.1. The first-order valence-corrected chi connectivity index (χ1v) is 12.2. The molecule has 1 unspecified atom stereocenters. The quantitative estimate of drug-likeness (QED) is 0.750. The molecule has 174 valence electrons. The number of aliphatic hydroxyl groups is 1. The molecule has 0 aliphatic carbocycles. The first kappa shape index (κ1) is 22.1. The van der Waals surface area contributed by atoms with Gasteiger partial charge < -0.3 is 14.7 Å². The highest BCUT2D eigenvalue weighted by Gasteiger charge is 2.39. The molecule has 3 aliphatic heterocycles. The summed E-state index contributed by atoms with van der Waals surface area (Å²) in [5.74, 6) is 0.326. The highest BCUT2D eigenvalue weighted by molar-refractivity contribution is 5.79. The molecule has 3 aliphatic rings. The Morgan fingerprint density at radius 3 is 2.36 bits per heavy atom. The molecule has 3 heterocycles. The SMILES string of the molecule is O=C(C1CCOCC1)N1CCC(O)(CC2CC=NN2c2ccc(-c3ccccc3)cc2)CC1. The number of hydrazone groups is 1. The lowest BCUT2D eigenvalue weighted by Crippen LogP contribution is -2.50. The largest absolute Gasteiger partial charge is 0.390 e. The molecule has 2 saturated heterocycles. The smallest absolute Gasteiger partial charge is 0.225 e. The van der Waals surface area contributed by atoms with Crippen LogP contribution < -0.4 is 5.01 Å². The molecule has 6 nitrogen and oxygen atoms in total. The van der Waals surface area contributed by atoms with E-state index in [4.69, 9.17) is 4.74 Å². The number of nitrogens with zero attached hydrogens (tertiary/aromatic N) is 3. The van der Waals surface area contributed by atoms with Crippen LogP contribution in [0.15, 0.2) is 59.7 Å². The van der Waals surface area contributed by atoms with Gasteiger partial charge in [0.05, 0.1) is 17.3 Å². The van der Waals surface area contributed by atoms with E-state index in [1.807, 2.05) is 34.3 Å². The fraction of sp³-hybridized carbons (Fsp3) is 0.481. The van der Waals surface area contributed by atoms with Crippen molar-refractivity contribution in [2.24, 2.45) is 11.0 Å². The second-order valence-electron chi connectivity index (χ2n) is 9.59. The van der Waals surface area contributed by atoms with Crippen LogP contribution in [0.4, 0.5) is 5.69 Å². The lowest BCUT2D eigenvalue weighted by atomic mass is 9.84. The molecule has 0 spiro atoms. The fourth-order valence-electron chi connectivity index (χ4n) is 5.32. The predicted octanol–water partition coefficient (Wildman–Crippen LogP) is 4.09. The summed E-state index contributed by atoms with van der Waals surface area (Å²) in [6.45, 7) is 2.62. The molecule has 5 rings (SSSR count). The van der Waals surface area contributed by atoms with Crippen LogP contribution in [-0.4, -0.2) is 60.1 Å². The van der Waals surface area contributed by atoms with Gasteiger partial charge in [-0.05, 0) is 55.4 Å². The minimum Gasteiger partial charge on any atom is -0.390 e. The van der Waals surface area contributed by atoms with Crippen LogP contribution >= 0.6 is 0 Å². The lowest BCUT2D eigenvalue weighted by Gasteiger charge is -2.41. The van der Waals surface area contributed by atoms with Crippen molar-refractivity contribution in [3.05, 3.63) is 54.6 Å². The van der Waals surface area contributed by atoms with Crippen molar-refractivity contribution in [3.63, 3.8) is 0 Å². The van der Waals surface area contributed by atoms with Crippen molar-refractivity contribution in [1.29, 1.82) is 0 Å². The maximum atomic E-state index is 12.8. The monoisotopic (exact) mass is 447 g/mol. The summed E-state index contributed by atoms with van der Waals surface area (Å²) < 4.78 is 5.39. The Labute approximate surface area is 195 Å². The topological polar surface area (TPSA) is 65.4 Å². The number of piperidine rings is 1. The molecule has 0 bridgehead atoms. The number of amides is 1. The molecule has 0 radical (unpaired) electrons. The van der Waals surface area contributed by atoms with Crippen molar-refractivity contribution in [3.8, 4) is 11.1 Å². The normalized spacial score (nSPS) is 23.1. The summed E-state index contributed by atoms with van der Waals surface area (Å²) in [7, 11) is 0. The molecule has 2 aromatic rings. The van der Waals surface area contributed by atoms with Crippen LogP contribution in [-0.2, 0) is 9.53 Å². The van der Waals surface area contributed by atoms with Crippen molar-refractivity contribution < 1.29 is 14.6 Å². The van der Waals surface area contributed by atoms with Gasteiger partial charge in [0, 0.05) is 44.9 Å². The van der Waals surface area contributed by atoms with Gasteiger partial charge in [-0.2, -0.15) is 5.10 Å². The van der Waals surface area contributed by atoms with Gasteiger partial charge in [0.25, 0.3) is 0 Å². The number of benzene rings is 2. The number of hydrogen-bond donors (Lipinski definition) is 1. The molecule has 0 aromatic heterocycles. The molecule has 2 fully saturated rings. The number of ether oxygens (including phenoxy) is 1. The lowest BCUT2D eigenvalue weighted by molar-refractivity contribution is -0.143. The minimum atomic E-state index is -0.757. The van der Waals surface area contributed by atoms with E-state index in [0.29, 0.717) is 45.6 Å². The summed E-state index contributed by atoms with van der Waals surface area (Å²) >= 11 is 0. The second kappa shape index (κ2) is 9.65. The molecule has 2 aromatic carbocycles. The third-order valence-electron chi connectivity index (χ3n) is 7.36. The van der Waals surface area contributed by atoms with Gasteiger partial charge in [0.2, 0.25) is 5.91 Å². The average molecular weight is 448 g/mol. The Hall–Kier alpha value is -2.70. The summed E-state index contributed by atoms with van der Waals surface area (Å²) in [5.41, 5.74) is 2.66. The van der Waals surface area contributed by atoms with Crippen LogP contribution in [0.2, 0.25) is 0 Å². The van der Waals surface area contributed by atoms with E-state index in [1.165, 1.54) is 11.1 Å². The highest BCUT2D eigenvalue weighted by atomic mass is 16.5. The van der Waals surface area contributed by atoms with Gasteiger partial charge in [-0.1, -0.05) is 42.5 Å². The Kier molecular flexibility index (Phi) is 6.47. The van der Waals surface area contributed by atoms with E-state index in [2.05, 4.69) is 41.5 Å². The van der Waals surface area contributed by atoms with E-state index in [9.17, 15) is 9.90 Å². The number of carbonyl (C=O) groups is 1. The van der Waals surface area contributed by atoms with Crippen molar-refractivity contribution in [1.82, 2.24) is 4.90 Å². The van der Waals surface area contributed by atoms with Crippen LogP contribution in [0, 0.1) is 5.92 Å². The van der Waals surface area contributed by atoms with E-state index < -0.39 is 5.60 Å². The van der Waals surface area contributed by atoms with E-state index >= 15 is 0 Å². The third kappa shape index (κ3) is 4.97. The Morgan fingerprint density at radius 2 is 1.67 bits per heavy atom. The molecular weight excluding hydrogens is 414 g/mol. The highest BCUT2D eigenvalue weighted by Crippen LogP contribution is 2.34. The Bertz CT molecular complexity index is 962. The number of rotatable bonds is 5. The Balaban J connectivity index is 1.19. The van der Waals surface area contributed by atoms with Gasteiger partial charge in [0.1, 0.15) is 0 Å². The van der Waals surface area contributed by atoms with Crippen molar-refractivity contribution in [2.75, 3.05) is 31.3 Å². The first-order valence-electron chi connectivity index (χ1n) is 12.2. The van der Waals surface area contributed by atoms with E-state index in [0.717, 1.165) is 24.9 Å². The van der Waals surface area contributed by atoms with E-state index in [-0.39, 0.29) is 17.9 Å². The molecule has 1 atom stereocenters. The minimum absolute atomic E-state index is 0.0857. The summed E-state index contributed by atoms with van der Waals surface area (Å²) in [6.07, 6.45) is 6.32. The average Bonchev–Trinajstić information content (AvgIpc) is 3.33. The molecular formula is C27H33N3O3. The van der Waals surface area contributed by atoms with Crippen molar-refractivity contribution >= 4 is 17.8 Å². The van der Waals surface area contributed by atoms with Crippen LogP contribution in [0.25, 0.3) is 11.1 Å². The maximum Gasteiger partial charge on any atom is 0.225 e. The molecule has 1 N–H and O–H groups in total. The van der Waals surface area contributed by atoms with Gasteiger partial charge in [-0.15, -0.1) is 0 Å². The number of hydrogen-bond acceptors (Lipinski definition) is 5. The van der Waals surface area contributed by atoms with Gasteiger partial charge >= 0.3 is 0 Å². The van der Waals surface area contributed by atoms with Crippen LogP contribution in [0.3, 0.4) is 0 Å². The second-order valence-corrected chi connectivity index (χ2v) is 9.59. The standard InChI is InChI=1S/C27H33N3O3/c31-26(23-11-18-33-19-12-23)29-16-13-27(32,14-17-29)20-25-10-15-28-30(25)24-8-6-22(7-9-24)21-4-2-1-3-5-21/h1-9,15,23,25,32H,10-14,16-20H2. The van der Waals surface area contributed by atoms with Gasteiger partial charge in [0.15, 0.2) is 0 Å². The number of carbonyl (C=O) groups excluding carboxylic acids is 1.